The minimum Gasteiger partial charge on any atom is -0.279 e. The minimum absolute atomic E-state index is 0.0759. The maximum absolute atomic E-state index is 13.7. The lowest BCUT2D eigenvalue weighted by atomic mass is 10.1. The first-order valence-electron chi connectivity index (χ1n) is 9.11. The van der Waals surface area contributed by atoms with Gasteiger partial charge < -0.3 is 0 Å². The third-order valence-electron chi connectivity index (χ3n) is 4.64. The summed E-state index contributed by atoms with van der Waals surface area (Å²) in [6.07, 6.45) is 0. The van der Waals surface area contributed by atoms with Crippen LogP contribution in [0.2, 0.25) is 0 Å². The lowest BCUT2D eigenvalue weighted by molar-refractivity contribution is 0.0984. The van der Waals surface area contributed by atoms with Gasteiger partial charge in [0, 0.05) is 5.56 Å². The van der Waals surface area contributed by atoms with Crippen LogP contribution in [-0.4, -0.2) is 10.9 Å². The van der Waals surface area contributed by atoms with E-state index in [2.05, 4.69) is 0 Å². The van der Waals surface area contributed by atoms with Crippen molar-refractivity contribution in [1.29, 1.82) is 0 Å². The van der Waals surface area contributed by atoms with Gasteiger partial charge in [0.25, 0.3) is 5.91 Å². The van der Waals surface area contributed by atoms with Gasteiger partial charge in [0.15, 0.2) is 16.8 Å². The average Bonchev–Trinajstić information content (AvgIpc) is 3.12. The van der Waals surface area contributed by atoms with Crippen molar-refractivity contribution >= 4 is 32.6 Å². The first-order valence-corrected chi connectivity index (χ1v) is 9.92. The number of fused-ring (bicyclic) bond motifs is 1. The van der Waals surface area contributed by atoms with Gasteiger partial charge in [-0.25, -0.2) is 13.8 Å². The monoisotopic (exact) mass is 408 g/mol. The Hall–Kier alpha value is -3.12. The van der Waals surface area contributed by atoms with E-state index in [4.69, 9.17) is 4.98 Å². The number of aromatic nitrogens is 1. The number of nitrogens with zero attached hydrogens (tertiary/aromatic N) is 2. The molecule has 6 heteroatoms. The number of thiazole rings is 1. The molecule has 4 rings (SSSR count). The molecule has 3 aromatic carbocycles. The molecule has 0 saturated heterocycles. The van der Waals surface area contributed by atoms with Gasteiger partial charge in [-0.2, -0.15) is 0 Å². The predicted molar refractivity (Wildman–Crippen MR) is 112 cm³/mol. The van der Waals surface area contributed by atoms with Crippen LogP contribution < -0.4 is 4.90 Å². The zero-order valence-electron chi connectivity index (χ0n) is 15.9. The van der Waals surface area contributed by atoms with Crippen LogP contribution in [0, 0.1) is 25.5 Å². The molecule has 1 heterocycles. The number of halogens is 2. The highest BCUT2D eigenvalue weighted by molar-refractivity contribution is 7.22. The Morgan fingerprint density at radius 3 is 2.48 bits per heavy atom. The van der Waals surface area contributed by atoms with Gasteiger partial charge in [-0.3, -0.25) is 9.69 Å². The fourth-order valence-electron chi connectivity index (χ4n) is 3.25. The number of rotatable bonds is 4. The summed E-state index contributed by atoms with van der Waals surface area (Å²) in [5.74, 6) is -2.46. The smallest absolute Gasteiger partial charge is 0.260 e. The summed E-state index contributed by atoms with van der Waals surface area (Å²) in [5, 5.41) is 0.521. The number of hydrogen-bond acceptors (Lipinski definition) is 3. The fourth-order valence-corrected chi connectivity index (χ4v) is 4.39. The molecule has 0 aliphatic carbocycles. The van der Waals surface area contributed by atoms with E-state index >= 15 is 0 Å². The van der Waals surface area contributed by atoms with Gasteiger partial charge in [0.05, 0.1) is 16.8 Å². The number of anilines is 1. The van der Waals surface area contributed by atoms with Gasteiger partial charge in [-0.15, -0.1) is 0 Å². The normalized spacial score (nSPS) is 11.0. The minimum atomic E-state index is -1.05. The number of aryl methyl sites for hydroxylation is 2. The van der Waals surface area contributed by atoms with Crippen molar-refractivity contribution in [3.63, 3.8) is 0 Å². The number of carbonyl (C=O) groups excluding carboxylic acids is 1. The van der Waals surface area contributed by atoms with E-state index in [1.807, 2.05) is 56.3 Å². The summed E-state index contributed by atoms with van der Waals surface area (Å²) in [7, 11) is 0. The highest BCUT2D eigenvalue weighted by atomic mass is 32.1. The van der Waals surface area contributed by atoms with Crippen molar-refractivity contribution < 1.29 is 13.6 Å². The van der Waals surface area contributed by atoms with Crippen LogP contribution in [0.1, 0.15) is 27.0 Å². The Kier molecular flexibility index (Phi) is 5.11. The van der Waals surface area contributed by atoms with Crippen LogP contribution in [-0.2, 0) is 6.54 Å². The van der Waals surface area contributed by atoms with Gasteiger partial charge in [0.2, 0.25) is 0 Å². The summed E-state index contributed by atoms with van der Waals surface area (Å²) < 4.78 is 28.1. The van der Waals surface area contributed by atoms with Crippen molar-refractivity contribution in [2.45, 2.75) is 20.4 Å². The number of benzene rings is 3. The summed E-state index contributed by atoms with van der Waals surface area (Å²) in [6.45, 7) is 4.27. The Morgan fingerprint density at radius 2 is 1.76 bits per heavy atom. The molecule has 1 aromatic heterocycles. The molecule has 0 aliphatic heterocycles. The third-order valence-corrected chi connectivity index (χ3v) is 5.67. The molecule has 0 atom stereocenters. The number of amides is 1. The maximum atomic E-state index is 13.7. The van der Waals surface area contributed by atoms with E-state index in [-0.39, 0.29) is 12.1 Å². The van der Waals surface area contributed by atoms with Crippen LogP contribution in [0.25, 0.3) is 10.2 Å². The molecule has 146 valence electrons. The van der Waals surface area contributed by atoms with Gasteiger partial charge in [-0.1, -0.05) is 47.7 Å². The first kappa shape index (κ1) is 19.2. The van der Waals surface area contributed by atoms with Crippen molar-refractivity contribution in [3.05, 3.63) is 94.6 Å². The third kappa shape index (κ3) is 3.89. The van der Waals surface area contributed by atoms with Crippen molar-refractivity contribution in [2.75, 3.05) is 4.90 Å². The van der Waals surface area contributed by atoms with Crippen LogP contribution in [0.4, 0.5) is 13.9 Å². The Morgan fingerprint density at radius 1 is 1.00 bits per heavy atom. The van der Waals surface area contributed by atoms with Crippen molar-refractivity contribution in [3.8, 4) is 0 Å². The predicted octanol–water partition coefficient (Wildman–Crippen LogP) is 6.04. The lowest BCUT2D eigenvalue weighted by Crippen LogP contribution is -2.30. The molecule has 0 fully saturated rings. The molecule has 0 unspecified atom stereocenters. The van der Waals surface area contributed by atoms with E-state index in [1.54, 1.807) is 0 Å². The van der Waals surface area contributed by atoms with Crippen LogP contribution >= 0.6 is 11.3 Å². The second kappa shape index (κ2) is 7.72. The molecular formula is C23H18F2N2OS. The molecule has 0 spiro atoms. The molecule has 0 saturated carbocycles. The molecule has 0 radical (unpaired) electrons. The standard InChI is InChI=1S/C23H18F2N2OS/c1-14-10-15(2)21-20(11-14)29-23(26-21)27(13-16-6-4-3-5-7-16)22(28)17-8-9-18(24)19(25)12-17/h3-12H,13H2,1-2H3. The Balaban J connectivity index is 1.80. The Bertz CT molecular complexity index is 1200. The zero-order valence-corrected chi connectivity index (χ0v) is 16.8. The molecule has 29 heavy (non-hydrogen) atoms. The first-order chi connectivity index (χ1) is 13.9. The van der Waals surface area contributed by atoms with Gasteiger partial charge >= 0.3 is 0 Å². The van der Waals surface area contributed by atoms with E-state index in [0.717, 1.165) is 39.0 Å². The van der Waals surface area contributed by atoms with E-state index in [9.17, 15) is 13.6 Å². The average molecular weight is 408 g/mol. The SMILES string of the molecule is Cc1cc(C)c2nc(N(Cc3ccccc3)C(=O)c3ccc(F)c(F)c3)sc2c1. The second-order valence-corrected chi connectivity index (χ2v) is 7.94. The highest BCUT2D eigenvalue weighted by Gasteiger charge is 2.23. The van der Waals surface area contributed by atoms with E-state index in [1.165, 1.54) is 22.3 Å². The van der Waals surface area contributed by atoms with Crippen molar-refractivity contribution in [2.24, 2.45) is 0 Å². The van der Waals surface area contributed by atoms with Crippen LogP contribution in [0.15, 0.2) is 60.7 Å². The topological polar surface area (TPSA) is 33.2 Å². The molecule has 4 aromatic rings. The molecule has 0 aliphatic rings. The van der Waals surface area contributed by atoms with Crippen LogP contribution in [0.5, 0.6) is 0 Å². The zero-order chi connectivity index (χ0) is 20.5. The quantitative estimate of drug-likeness (QED) is 0.413. The van der Waals surface area contributed by atoms with Gasteiger partial charge in [-0.05, 0) is 54.8 Å². The molecule has 3 nitrogen and oxygen atoms in total. The molecular weight excluding hydrogens is 390 g/mol. The maximum Gasteiger partial charge on any atom is 0.260 e. The molecule has 0 bridgehead atoms. The summed E-state index contributed by atoms with van der Waals surface area (Å²) in [4.78, 5) is 19.5. The fraction of sp³-hybridized carbons (Fsp3) is 0.130. The summed E-state index contributed by atoms with van der Waals surface area (Å²) in [6, 6.07) is 16.8. The van der Waals surface area contributed by atoms with Crippen LogP contribution in [0.3, 0.4) is 0 Å². The lowest BCUT2D eigenvalue weighted by Gasteiger charge is -2.20. The van der Waals surface area contributed by atoms with Crippen molar-refractivity contribution in [1.82, 2.24) is 4.98 Å². The largest absolute Gasteiger partial charge is 0.279 e. The number of hydrogen-bond donors (Lipinski definition) is 0. The Labute approximate surface area is 171 Å². The summed E-state index contributed by atoms with van der Waals surface area (Å²) >= 11 is 1.41. The molecule has 1 amide bonds. The summed E-state index contributed by atoms with van der Waals surface area (Å²) in [5.41, 5.74) is 3.98. The second-order valence-electron chi connectivity index (χ2n) is 6.93. The van der Waals surface area contributed by atoms with E-state index < -0.39 is 17.5 Å². The number of carbonyl (C=O) groups is 1. The van der Waals surface area contributed by atoms with Gasteiger partial charge in [0.1, 0.15) is 0 Å². The van der Waals surface area contributed by atoms with E-state index in [0.29, 0.717) is 5.13 Å². The highest BCUT2D eigenvalue weighted by Crippen LogP contribution is 2.33. The molecule has 0 N–H and O–H groups in total.